The van der Waals surface area contributed by atoms with Gasteiger partial charge < -0.3 is 25.0 Å². The maximum absolute atomic E-state index is 13.2. The second kappa shape index (κ2) is 11.2. The molecule has 0 bridgehead atoms. The number of para-hydroxylation sites is 2. The summed E-state index contributed by atoms with van der Waals surface area (Å²) >= 11 is 0. The lowest BCUT2D eigenvalue weighted by atomic mass is 9.87. The summed E-state index contributed by atoms with van der Waals surface area (Å²) in [7, 11) is 0. The van der Waals surface area contributed by atoms with Crippen LogP contribution in [0.1, 0.15) is 64.7 Å². The Kier molecular flexibility index (Phi) is 7.34. The van der Waals surface area contributed by atoms with Gasteiger partial charge in [0.15, 0.2) is 11.4 Å². The van der Waals surface area contributed by atoms with Crippen LogP contribution in [0, 0.1) is 5.92 Å². The minimum atomic E-state index is -0.888. The second-order valence-electron chi connectivity index (χ2n) is 11.0. The number of aliphatic hydroxyl groups is 1. The van der Waals surface area contributed by atoms with Gasteiger partial charge in [0.25, 0.3) is 11.8 Å². The molecule has 3 aromatic rings. The van der Waals surface area contributed by atoms with Gasteiger partial charge in [0.2, 0.25) is 0 Å². The number of piperidine rings is 1. The lowest BCUT2D eigenvalue weighted by Crippen LogP contribution is -2.50. The molecular formula is C30H34N6O4. The Balaban J connectivity index is 1.04. The SMILES string of the molecule is O=C(NCC(O)c1cccnc1)c1ccc(C(=O)N2CCC3(CC2)CCN(CC2CC2)c2ccccc2O3)nn1. The van der Waals surface area contributed by atoms with Crippen LogP contribution >= 0.6 is 0 Å². The summed E-state index contributed by atoms with van der Waals surface area (Å²) in [6.07, 6.45) is 7.31. The highest BCUT2D eigenvalue weighted by molar-refractivity contribution is 5.94. The van der Waals surface area contributed by atoms with Gasteiger partial charge in [-0.25, -0.2) is 0 Å². The van der Waals surface area contributed by atoms with Gasteiger partial charge in [-0.15, -0.1) is 10.2 Å². The molecule has 4 heterocycles. The summed E-state index contributed by atoms with van der Waals surface area (Å²) in [5, 5.41) is 20.9. The second-order valence-corrected chi connectivity index (χ2v) is 11.0. The van der Waals surface area contributed by atoms with E-state index in [1.807, 2.05) is 6.07 Å². The molecule has 2 amide bonds. The Hall–Kier alpha value is -4.05. The summed E-state index contributed by atoms with van der Waals surface area (Å²) in [6, 6.07) is 14.8. The van der Waals surface area contributed by atoms with Crippen molar-refractivity contribution in [2.75, 3.05) is 37.6 Å². The van der Waals surface area contributed by atoms with Crippen LogP contribution in [0.2, 0.25) is 0 Å². The number of nitrogens with one attached hydrogen (secondary N) is 1. The molecule has 2 aromatic heterocycles. The summed E-state index contributed by atoms with van der Waals surface area (Å²) < 4.78 is 6.69. The molecule has 40 heavy (non-hydrogen) atoms. The number of amides is 2. The number of carbonyl (C=O) groups excluding carboxylic acids is 2. The van der Waals surface area contributed by atoms with Crippen LogP contribution in [0.25, 0.3) is 0 Å². The van der Waals surface area contributed by atoms with Gasteiger partial charge in [-0.2, -0.15) is 0 Å². The quantitative estimate of drug-likeness (QED) is 0.468. The number of hydrogen-bond donors (Lipinski definition) is 2. The van der Waals surface area contributed by atoms with Crippen LogP contribution in [-0.4, -0.2) is 75.3 Å². The van der Waals surface area contributed by atoms with Gasteiger partial charge >= 0.3 is 0 Å². The van der Waals surface area contributed by atoms with E-state index in [0.717, 1.165) is 44.0 Å². The normalized spacial score (nSPS) is 18.8. The Labute approximate surface area is 233 Å². The van der Waals surface area contributed by atoms with E-state index in [-0.39, 0.29) is 29.4 Å². The van der Waals surface area contributed by atoms with Crippen molar-refractivity contribution in [3.05, 3.63) is 77.9 Å². The van der Waals surface area contributed by atoms with E-state index >= 15 is 0 Å². The summed E-state index contributed by atoms with van der Waals surface area (Å²) in [5.74, 6) is 1.05. The topological polar surface area (TPSA) is 121 Å². The molecule has 0 radical (unpaired) electrons. The Morgan fingerprint density at radius 1 is 1.00 bits per heavy atom. The summed E-state index contributed by atoms with van der Waals surface area (Å²) in [6.45, 7) is 3.18. The molecule has 1 unspecified atom stereocenters. The zero-order valence-corrected chi connectivity index (χ0v) is 22.4. The lowest BCUT2D eigenvalue weighted by molar-refractivity contribution is 0.00217. The molecule has 2 N–H and O–H groups in total. The van der Waals surface area contributed by atoms with Crippen molar-refractivity contribution in [3.63, 3.8) is 0 Å². The Morgan fingerprint density at radius 2 is 1.75 bits per heavy atom. The zero-order valence-electron chi connectivity index (χ0n) is 22.4. The van der Waals surface area contributed by atoms with Crippen LogP contribution in [0.15, 0.2) is 60.9 Å². The van der Waals surface area contributed by atoms with Crippen molar-refractivity contribution in [2.45, 2.75) is 43.8 Å². The monoisotopic (exact) mass is 542 g/mol. The number of hydrogen-bond acceptors (Lipinski definition) is 8. The van der Waals surface area contributed by atoms with Gasteiger partial charge in [0, 0.05) is 69.9 Å². The van der Waals surface area contributed by atoms with Gasteiger partial charge in [-0.05, 0) is 49.1 Å². The minimum absolute atomic E-state index is 0.00725. The highest BCUT2D eigenvalue weighted by Gasteiger charge is 2.41. The van der Waals surface area contributed by atoms with Crippen LogP contribution in [0.4, 0.5) is 5.69 Å². The molecule has 2 aliphatic heterocycles. The van der Waals surface area contributed by atoms with E-state index < -0.39 is 12.0 Å². The first-order chi connectivity index (χ1) is 19.5. The molecular weight excluding hydrogens is 508 g/mol. The minimum Gasteiger partial charge on any atom is -0.485 e. The maximum atomic E-state index is 13.2. The molecule has 6 rings (SSSR count). The number of anilines is 1. The fourth-order valence-corrected chi connectivity index (χ4v) is 5.52. The van der Waals surface area contributed by atoms with Crippen molar-refractivity contribution in [1.29, 1.82) is 0 Å². The number of fused-ring (bicyclic) bond motifs is 1. The number of carbonyl (C=O) groups is 2. The first kappa shape index (κ1) is 26.2. The van der Waals surface area contributed by atoms with Crippen molar-refractivity contribution >= 4 is 17.5 Å². The molecule has 1 saturated carbocycles. The molecule has 1 aromatic carbocycles. The molecule has 3 aliphatic rings. The van der Waals surface area contributed by atoms with Crippen LogP contribution in [0.3, 0.4) is 0 Å². The number of ether oxygens (including phenoxy) is 1. The number of benzene rings is 1. The van der Waals surface area contributed by atoms with Crippen LogP contribution in [-0.2, 0) is 0 Å². The fraction of sp³-hybridized carbons (Fsp3) is 0.433. The van der Waals surface area contributed by atoms with E-state index in [2.05, 4.69) is 43.6 Å². The predicted molar refractivity (Wildman–Crippen MR) is 148 cm³/mol. The molecule has 10 heteroatoms. The molecule has 10 nitrogen and oxygen atoms in total. The van der Waals surface area contributed by atoms with E-state index in [1.165, 1.54) is 30.7 Å². The van der Waals surface area contributed by atoms with Gasteiger partial charge in [-0.3, -0.25) is 14.6 Å². The molecule has 1 atom stereocenters. The molecule has 1 spiro atoms. The summed E-state index contributed by atoms with van der Waals surface area (Å²) in [4.78, 5) is 33.9. The van der Waals surface area contributed by atoms with E-state index in [9.17, 15) is 14.7 Å². The highest BCUT2D eigenvalue weighted by Crippen LogP contribution is 2.42. The average molecular weight is 543 g/mol. The van der Waals surface area contributed by atoms with Crippen molar-refractivity contribution < 1.29 is 19.4 Å². The van der Waals surface area contributed by atoms with Crippen molar-refractivity contribution in [1.82, 2.24) is 25.4 Å². The predicted octanol–water partition coefficient (Wildman–Crippen LogP) is 3.01. The molecule has 2 fully saturated rings. The van der Waals surface area contributed by atoms with Gasteiger partial charge in [-0.1, -0.05) is 18.2 Å². The zero-order chi connectivity index (χ0) is 27.5. The average Bonchev–Trinajstić information content (AvgIpc) is 3.84. The maximum Gasteiger partial charge on any atom is 0.274 e. The smallest absolute Gasteiger partial charge is 0.274 e. The Bertz CT molecular complexity index is 1340. The van der Waals surface area contributed by atoms with Gasteiger partial charge in [0.1, 0.15) is 11.4 Å². The first-order valence-corrected chi connectivity index (χ1v) is 14.0. The van der Waals surface area contributed by atoms with Crippen LogP contribution in [0.5, 0.6) is 5.75 Å². The summed E-state index contributed by atoms with van der Waals surface area (Å²) in [5.41, 5.74) is 1.77. The third kappa shape index (κ3) is 5.77. The van der Waals surface area contributed by atoms with Crippen molar-refractivity contribution in [2.24, 2.45) is 5.92 Å². The number of rotatable bonds is 7. The fourth-order valence-electron chi connectivity index (χ4n) is 5.52. The number of pyridine rings is 1. The number of aliphatic hydroxyl groups excluding tert-OH is 1. The van der Waals surface area contributed by atoms with E-state index in [1.54, 1.807) is 29.4 Å². The number of nitrogens with zero attached hydrogens (tertiary/aromatic N) is 5. The highest BCUT2D eigenvalue weighted by atomic mass is 16.5. The largest absolute Gasteiger partial charge is 0.485 e. The third-order valence-electron chi connectivity index (χ3n) is 8.15. The lowest BCUT2D eigenvalue weighted by Gasteiger charge is -2.41. The van der Waals surface area contributed by atoms with E-state index in [0.29, 0.717) is 18.7 Å². The first-order valence-electron chi connectivity index (χ1n) is 14.0. The van der Waals surface area contributed by atoms with Crippen LogP contribution < -0.4 is 15.0 Å². The third-order valence-corrected chi connectivity index (χ3v) is 8.15. The Morgan fingerprint density at radius 3 is 2.48 bits per heavy atom. The molecule has 1 saturated heterocycles. The number of likely N-dealkylation sites (tertiary alicyclic amines) is 1. The number of aromatic nitrogens is 3. The van der Waals surface area contributed by atoms with E-state index in [4.69, 9.17) is 4.74 Å². The standard InChI is InChI=1S/C30H34N6O4/c37-26(22-4-3-14-31-18-22)19-32-28(38)23-9-10-24(34-33-23)29(39)35-15-11-30(12-16-35)13-17-36(20-21-7-8-21)25-5-1-2-6-27(25)40-30/h1-6,9-10,14,18,21,26,37H,7-8,11-13,15-17,19-20H2,(H,32,38). The molecule has 208 valence electrons. The van der Waals surface area contributed by atoms with Gasteiger partial charge in [0.05, 0.1) is 11.8 Å². The van der Waals surface area contributed by atoms with Crippen molar-refractivity contribution in [3.8, 4) is 5.75 Å². The molecule has 1 aliphatic carbocycles.